The van der Waals surface area contributed by atoms with Gasteiger partial charge in [-0.3, -0.25) is 0 Å². The third-order valence-corrected chi connectivity index (χ3v) is 8.45. The predicted molar refractivity (Wildman–Crippen MR) is 150 cm³/mol. The first-order chi connectivity index (χ1) is 18.7. The van der Waals surface area contributed by atoms with Crippen molar-refractivity contribution < 1.29 is 17.5 Å². The highest BCUT2D eigenvalue weighted by Gasteiger charge is 2.18. The van der Waals surface area contributed by atoms with Crippen LogP contribution in [0, 0.1) is 12.7 Å². The fraction of sp³-hybridized carbons (Fsp3) is 0.296. The molecule has 1 saturated heterocycles. The Labute approximate surface area is 231 Å². The van der Waals surface area contributed by atoms with Crippen molar-refractivity contribution in [3.05, 3.63) is 64.9 Å². The van der Waals surface area contributed by atoms with E-state index < -0.39 is 15.8 Å². The number of rotatable bonds is 9. The molecule has 4 aromatic rings. The number of likely N-dealkylation sites (tertiary alicyclic amines) is 1. The number of hydrogen-bond donors (Lipinski definition) is 2. The predicted octanol–water partition coefficient (Wildman–Crippen LogP) is 4.92. The highest BCUT2D eigenvalue weighted by atomic mass is 35.5. The number of nitrogens with zero attached hydrogens (tertiary/aromatic N) is 4. The number of hydrogen-bond acceptors (Lipinski definition) is 8. The molecule has 204 valence electrons. The van der Waals surface area contributed by atoms with Gasteiger partial charge in [-0.2, -0.15) is 0 Å². The molecule has 0 aliphatic carbocycles. The molecule has 1 fully saturated rings. The second-order valence-electron chi connectivity index (χ2n) is 9.33. The normalized spacial score (nSPS) is 14.2. The molecule has 1 aromatic heterocycles. The number of methoxy groups -OCH3 is 1. The zero-order valence-electron chi connectivity index (χ0n) is 21.5. The van der Waals surface area contributed by atoms with Crippen molar-refractivity contribution in [2.75, 3.05) is 38.6 Å². The molecule has 0 saturated carbocycles. The minimum atomic E-state index is -3.61. The first kappa shape index (κ1) is 27.2. The summed E-state index contributed by atoms with van der Waals surface area (Å²) in [6.45, 7) is 4.95. The van der Waals surface area contributed by atoms with Crippen molar-refractivity contribution in [2.45, 2.75) is 24.7 Å². The van der Waals surface area contributed by atoms with Gasteiger partial charge in [0.05, 0.1) is 22.5 Å². The molecule has 0 spiro atoms. The number of sulfonamides is 1. The van der Waals surface area contributed by atoms with Gasteiger partial charge >= 0.3 is 0 Å². The number of nitrogens with one attached hydrogen (secondary N) is 2. The minimum absolute atomic E-state index is 0.0904. The Hall–Kier alpha value is -3.38. The van der Waals surface area contributed by atoms with E-state index in [1.807, 2.05) is 6.92 Å². The highest BCUT2D eigenvalue weighted by molar-refractivity contribution is 7.89. The Morgan fingerprint density at radius 3 is 2.54 bits per heavy atom. The van der Waals surface area contributed by atoms with E-state index in [-0.39, 0.29) is 27.2 Å². The molecule has 1 aliphatic rings. The number of halogens is 2. The van der Waals surface area contributed by atoms with Crippen LogP contribution >= 0.6 is 11.6 Å². The standard InChI is InChI=1S/C27H28ClFN6O3S/c1-17-15-18(24-21(28)9-10-23(38-2)25(24)29)16-22-26(17)32-27(34-33-22)31-19-5-7-20(8-6-19)39(36,37)30-11-14-35-12-3-4-13-35/h5-10,15-16,30H,3-4,11-14H2,1-2H3,(H,31,32,34). The summed E-state index contributed by atoms with van der Waals surface area (Å²) in [6.07, 6.45) is 2.33. The van der Waals surface area contributed by atoms with Gasteiger partial charge in [-0.15, -0.1) is 10.2 Å². The SMILES string of the molecule is COc1ccc(Cl)c(-c2cc(C)c3nc(Nc4ccc(S(=O)(=O)NCCN5CCCC5)cc4)nnc3c2)c1F. The van der Waals surface area contributed by atoms with E-state index in [1.54, 1.807) is 30.3 Å². The second-order valence-corrected chi connectivity index (χ2v) is 11.5. The molecule has 39 heavy (non-hydrogen) atoms. The third kappa shape index (κ3) is 5.96. The van der Waals surface area contributed by atoms with Gasteiger partial charge in [0, 0.05) is 24.3 Å². The Kier molecular flexibility index (Phi) is 7.94. The minimum Gasteiger partial charge on any atom is -0.494 e. The summed E-state index contributed by atoms with van der Waals surface area (Å²) in [5.41, 5.74) is 3.15. The quantitative estimate of drug-likeness (QED) is 0.292. The van der Waals surface area contributed by atoms with E-state index in [4.69, 9.17) is 16.3 Å². The van der Waals surface area contributed by atoms with Gasteiger partial charge in [0.1, 0.15) is 5.52 Å². The molecule has 1 aliphatic heterocycles. The maximum atomic E-state index is 15.0. The molecule has 0 radical (unpaired) electrons. The molecule has 2 heterocycles. The van der Waals surface area contributed by atoms with Crippen LogP contribution in [0.1, 0.15) is 18.4 Å². The molecule has 3 aromatic carbocycles. The molecule has 12 heteroatoms. The van der Waals surface area contributed by atoms with E-state index in [1.165, 1.54) is 25.3 Å². The van der Waals surface area contributed by atoms with Crippen LogP contribution in [0.2, 0.25) is 5.02 Å². The maximum Gasteiger partial charge on any atom is 0.247 e. The molecule has 0 unspecified atom stereocenters. The second kappa shape index (κ2) is 11.4. The fourth-order valence-electron chi connectivity index (χ4n) is 4.64. The summed E-state index contributed by atoms with van der Waals surface area (Å²) < 4.78 is 48.0. The van der Waals surface area contributed by atoms with Crippen LogP contribution in [-0.4, -0.2) is 61.8 Å². The van der Waals surface area contributed by atoms with Crippen molar-refractivity contribution in [2.24, 2.45) is 0 Å². The average molecular weight is 571 g/mol. The van der Waals surface area contributed by atoms with Crippen molar-refractivity contribution in [1.82, 2.24) is 24.8 Å². The lowest BCUT2D eigenvalue weighted by Crippen LogP contribution is -2.33. The van der Waals surface area contributed by atoms with Crippen LogP contribution in [0.3, 0.4) is 0 Å². The average Bonchev–Trinajstić information content (AvgIpc) is 3.43. The van der Waals surface area contributed by atoms with Gasteiger partial charge in [0.15, 0.2) is 11.6 Å². The van der Waals surface area contributed by atoms with Crippen molar-refractivity contribution in [3.8, 4) is 16.9 Å². The smallest absolute Gasteiger partial charge is 0.247 e. The van der Waals surface area contributed by atoms with Crippen molar-refractivity contribution in [1.29, 1.82) is 0 Å². The molecule has 5 rings (SSSR count). The number of ether oxygens (including phenoxy) is 1. The van der Waals surface area contributed by atoms with E-state index in [0.29, 0.717) is 35.4 Å². The van der Waals surface area contributed by atoms with Crippen LogP contribution in [0.25, 0.3) is 22.2 Å². The number of aryl methyl sites for hydroxylation is 1. The Bertz CT molecular complexity index is 1610. The van der Waals surface area contributed by atoms with Gasteiger partial charge in [-0.25, -0.2) is 22.5 Å². The molecule has 0 amide bonds. The lowest BCUT2D eigenvalue weighted by molar-refractivity contribution is 0.344. The summed E-state index contributed by atoms with van der Waals surface area (Å²) >= 11 is 6.30. The Morgan fingerprint density at radius 1 is 1.08 bits per heavy atom. The van der Waals surface area contributed by atoms with Crippen LogP contribution in [0.15, 0.2) is 53.4 Å². The van der Waals surface area contributed by atoms with Crippen LogP contribution < -0.4 is 14.8 Å². The van der Waals surface area contributed by atoms with Crippen molar-refractivity contribution in [3.63, 3.8) is 0 Å². The lowest BCUT2D eigenvalue weighted by atomic mass is 10.0. The van der Waals surface area contributed by atoms with Crippen LogP contribution in [-0.2, 0) is 10.0 Å². The van der Waals surface area contributed by atoms with E-state index in [2.05, 4.69) is 30.1 Å². The lowest BCUT2D eigenvalue weighted by Gasteiger charge is -2.15. The number of anilines is 2. The van der Waals surface area contributed by atoms with E-state index in [0.717, 1.165) is 31.5 Å². The van der Waals surface area contributed by atoms with Gasteiger partial charge < -0.3 is 15.0 Å². The summed E-state index contributed by atoms with van der Waals surface area (Å²) in [6, 6.07) is 12.8. The third-order valence-electron chi connectivity index (χ3n) is 6.65. The van der Waals surface area contributed by atoms with Gasteiger partial charge in [0.2, 0.25) is 16.0 Å². The monoisotopic (exact) mass is 570 g/mol. The molecule has 2 N–H and O–H groups in total. The van der Waals surface area contributed by atoms with Gasteiger partial charge in [-0.05, 0) is 92.5 Å². The van der Waals surface area contributed by atoms with Gasteiger partial charge in [0.25, 0.3) is 0 Å². The van der Waals surface area contributed by atoms with Crippen molar-refractivity contribution >= 4 is 44.3 Å². The Morgan fingerprint density at radius 2 is 1.82 bits per heavy atom. The number of benzene rings is 3. The summed E-state index contributed by atoms with van der Waals surface area (Å²) in [5, 5.41) is 11.7. The summed E-state index contributed by atoms with van der Waals surface area (Å²) in [7, 11) is -2.21. The topological polar surface area (TPSA) is 109 Å². The molecular formula is C27H28ClFN6O3S. The first-order valence-electron chi connectivity index (χ1n) is 12.5. The zero-order valence-corrected chi connectivity index (χ0v) is 23.1. The summed E-state index contributed by atoms with van der Waals surface area (Å²) in [4.78, 5) is 6.99. The Balaban J connectivity index is 1.32. The largest absolute Gasteiger partial charge is 0.494 e. The number of aromatic nitrogens is 3. The molecule has 0 bridgehead atoms. The number of fused-ring (bicyclic) bond motifs is 1. The molecular weight excluding hydrogens is 543 g/mol. The van der Waals surface area contributed by atoms with Gasteiger partial charge in [-0.1, -0.05) is 11.6 Å². The maximum absolute atomic E-state index is 15.0. The van der Waals surface area contributed by atoms with E-state index >= 15 is 0 Å². The first-order valence-corrected chi connectivity index (χ1v) is 14.4. The van der Waals surface area contributed by atoms with Crippen LogP contribution in [0.4, 0.5) is 16.0 Å². The summed E-state index contributed by atoms with van der Waals surface area (Å²) in [5.74, 6) is -0.230. The van der Waals surface area contributed by atoms with Crippen LogP contribution in [0.5, 0.6) is 5.75 Å². The van der Waals surface area contributed by atoms with E-state index in [9.17, 15) is 12.8 Å². The highest BCUT2D eigenvalue weighted by Crippen LogP contribution is 2.37. The molecule has 0 atom stereocenters. The zero-order chi connectivity index (χ0) is 27.6. The molecule has 9 nitrogen and oxygen atoms in total. The fourth-order valence-corrected chi connectivity index (χ4v) is 5.92.